The summed E-state index contributed by atoms with van der Waals surface area (Å²) in [6.07, 6.45) is 0.885. The Kier molecular flexibility index (Phi) is 2.52. The molecule has 3 nitrogen and oxygen atoms in total. The van der Waals surface area contributed by atoms with E-state index in [4.69, 9.17) is 0 Å². The molecule has 0 radical (unpaired) electrons. The van der Waals surface area contributed by atoms with Crippen LogP contribution in [0.2, 0.25) is 0 Å². The van der Waals surface area contributed by atoms with Gasteiger partial charge in [-0.25, -0.2) is 0 Å². The topological polar surface area (TPSA) is 57.5 Å². The number of aldehydes is 1. The second-order valence-corrected chi connectivity index (χ2v) is 5.25. The van der Waals surface area contributed by atoms with Crippen LogP contribution in [-0.2, 0) is 4.79 Å². The van der Waals surface area contributed by atoms with Gasteiger partial charge in [0.05, 0.1) is 10.1 Å². The molecule has 0 fully saturated rings. The van der Waals surface area contributed by atoms with Crippen LogP contribution in [0.1, 0.15) is 10.8 Å². The minimum atomic E-state index is -0.260. The third-order valence-electron chi connectivity index (χ3n) is 3.00. The Balaban J connectivity index is 2.22. The molecule has 0 aromatic heterocycles. The molecule has 1 aliphatic rings. The summed E-state index contributed by atoms with van der Waals surface area (Å²) in [4.78, 5) is 11.8. The van der Waals surface area contributed by atoms with E-state index in [1.165, 1.54) is 11.8 Å². The van der Waals surface area contributed by atoms with E-state index in [0.717, 1.165) is 27.9 Å². The Morgan fingerprint density at radius 3 is 2.44 bits per heavy atom. The van der Waals surface area contributed by atoms with Gasteiger partial charge in [-0.1, -0.05) is 18.2 Å². The third-order valence-corrected chi connectivity index (χ3v) is 4.27. The number of carbonyl (C=O) groups excluding carboxylic acids is 1. The number of hydrogen-bond donors (Lipinski definition) is 2. The molecule has 0 aliphatic carbocycles. The standard InChI is InChI=1S/C14H10O3S/c15-7-12-10-5-6-11(17)14(18-12)13(10)8-1-3-9(16)4-2-8/h1-7,12,16-17H. The van der Waals surface area contributed by atoms with Crippen molar-refractivity contribution in [2.45, 2.75) is 10.1 Å². The molecular weight excluding hydrogens is 248 g/mol. The minimum absolute atomic E-state index is 0.191. The van der Waals surface area contributed by atoms with E-state index in [-0.39, 0.29) is 16.7 Å². The Bertz CT molecular complexity index is 620. The summed E-state index contributed by atoms with van der Waals surface area (Å²) in [6, 6.07) is 10.2. The van der Waals surface area contributed by atoms with Gasteiger partial charge < -0.3 is 15.0 Å². The van der Waals surface area contributed by atoms with Crippen LogP contribution in [0.25, 0.3) is 11.1 Å². The molecule has 0 saturated carbocycles. The van der Waals surface area contributed by atoms with Crippen molar-refractivity contribution in [1.82, 2.24) is 0 Å². The lowest BCUT2D eigenvalue weighted by molar-refractivity contribution is -0.107. The molecule has 0 spiro atoms. The van der Waals surface area contributed by atoms with Crippen molar-refractivity contribution < 1.29 is 15.0 Å². The molecule has 4 heteroatoms. The molecule has 0 amide bonds. The zero-order valence-corrected chi connectivity index (χ0v) is 10.1. The normalized spacial score (nSPS) is 16.8. The number of aromatic hydroxyl groups is 2. The van der Waals surface area contributed by atoms with Gasteiger partial charge in [-0.05, 0) is 29.3 Å². The largest absolute Gasteiger partial charge is 0.508 e. The summed E-state index contributed by atoms with van der Waals surface area (Å²) in [5, 5.41) is 18.9. The summed E-state index contributed by atoms with van der Waals surface area (Å²) >= 11 is 1.36. The van der Waals surface area contributed by atoms with Gasteiger partial charge in [-0.2, -0.15) is 0 Å². The van der Waals surface area contributed by atoms with Crippen molar-refractivity contribution in [2.24, 2.45) is 0 Å². The van der Waals surface area contributed by atoms with Gasteiger partial charge >= 0.3 is 0 Å². The van der Waals surface area contributed by atoms with E-state index in [0.29, 0.717) is 0 Å². The van der Waals surface area contributed by atoms with Gasteiger partial charge in [0.25, 0.3) is 0 Å². The number of hydrogen-bond acceptors (Lipinski definition) is 4. The van der Waals surface area contributed by atoms with Crippen molar-refractivity contribution in [3.05, 3.63) is 42.0 Å². The van der Waals surface area contributed by atoms with Crippen LogP contribution in [-0.4, -0.2) is 16.5 Å². The molecule has 1 heterocycles. The van der Waals surface area contributed by atoms with E-state index in [1.807, 2.05) is 0 Å². The summed E-state index contributed by atoms with van der Waals surface area (Å²) in [5.41, 5.74) is 2.69. The second-order valence-electron chi connectivity index (χ2n) is 4.10. The van der Waals surface area contributed by atoms with Crippen molar-refractivity contribution >= 4 is 18.0 Å². The third kappa shape index (κ3) is 1.57. The second kappa shape index (κ2) is 4.07. The fourth-order valence-electron chi connectivity index (χ4n) is 2.16. The quantitative estimate of drug-likeness (QED) is 0.813. The Labute approximate surface area is 108 Å². The Morgan fingerprint density at radius 1 is 1.06 bits per heavy atom. The molecule has 18 heavy (non-hydrogen) atoms. The maximum absolute atomic E-state index is 11.1. The van der Waals surface area contributed by atoms with Crippen molar-refractivity contribution in [2.75, 3.05) is 0 Å². The van der Waals surface area contributed by atoms with Crippen LogP contribution in [0, 0.1) is 0 Å². The van der Waals surface area contributed by atoms with Gasteiger partial charge in [-0.15, -0.1) is 11.8 Å². The van der Waals surface area contributed by atoms with Gasteiger partial charge in [0.15, 0.2) is 0 Å². The van der Waals surface area contributed by atoms with Crippen LogP contribution >= 0.6 is 11.8 Å². The maximum Gasteiger partial charge on any atom is 0.137 e. The highest BCUT2D eigenvalue weighted by molar-refractivity contribution is 8.00. The lowest BCUT2D eigenvalue weighted by atomic mass is 9.97. The van der Waals surface area contributed by atoms with Crippen LogP contribution in [0.15, 0.2) is 41.3 Å². The predicted octanol–water partition coefficient (Wildman–Crippen LogP) is 3.11. The summed E-state index contributed by atoms with van der Waals surface area (Å²) in [5.74, 6) is 0.386. The molecule has 2 aromatic rings. The van der Waals surface area contributed by atoms with E-state index < -0.39 is 0 Å². The summed E-state index contributed by atoms with van der Waals surface area (Å²) in [6.45, 7) is 0. The number of carbonyl (C=O) groups is 1. The Morgan fingerprint density at radius 2 is 1.78 bits per heavy atom. The molecule has 2 aromatic carbocycles. The van der Waals surface area contributed by atoms with Gasteiger partial charge in [0.1, 0.15) is 17.8 Å². The van der Waals surface area contributed by atoms with Gasteiger partial charge in [0.2, 0.25) is 0 Å². The first kappa shape index (κ1) is 11.2. The number of benzene rings is 2. The van der Waals surface area contributed by atoms with Crippen molar-refractivity contribution in [1.29, 1.82) is 0 Å². The van der Waals surface area contributed by atoms with E-state index in [2.05, 4.69) is 0 Å². The molecule has 3 rings (SSSR count). The zero-order chi connectivity index (χ0) is 12.7. The molecule has 1 unspecified atom stereocenters. The van der Waals surface area contributed by atoms with Crippen LogP contribution in [0.5, 0.6) is 11.5 Å². The average molecular weight is 258 g/mol. The number of thioether (sulfide) groups is 1. The van der Waals surface area contributed by atoms with E-state index in [1.54, 1.807) is 36.4 Å². The first-order valence-electron chi connectivity index (χ1n) is 5.48. The number of phenols is 2. The smallest absolute Gasteiger partial charge is 0.137 e. The summed E-state index contributed by atoms with van der Waals surface area (Å²) < 4.78 is 0. The van der Waals surface area contributed by atoms with E-state index >= 15 is 0 Å². The molecule has 2 N–H and O–H groups in total. The predicted molar refractivity (Wildman–Crippen MR) is 69.9 cm³/mol. The fourth-order valence-corrected chi connectivity index (χ4v) is 3.34. The highest BCUT2D eigenvalue weighted by Crippen LogP contribution is 2.54. The summed E-state index contributed by atoms with van der Waals surface area (Å²) in [7, 11) is 0. The highest BCUT2D eigenvalue weighted by atomic mass is 32.2. The number of phenolic OH excluding ortho intramolecular Hbond substituents is 2. The van der Waals surface area contributed by atoms with E-state index in [9.17, 15) is 15.0 Å². The molecule has 1 aliphatic heterocycles. The first-order chi connectivity index (χ1) is 8.70. The van der Waals surface area contributed by atoms with Crippen molar-refractivity contribution in [3.63, 3.8) is 0 Å². The van der Waals surface area contributed by atoms with Gasteiger partial charge in [0, 0.05) is 5.56 Å². The monoisotopic (exact) mass is 258 g/mol. The lowest BCUT2D eigenvalue weighted by Gasteiger charge is -2.07. The van der Waals surface area contributed by atoms with Gasteiger partial charge in [-0.3, -0.25) is 0 Å². The zero-order valence-electron chi connectivity index (χ0n) is 9.33. The van der Waals surface area contributed by atoms with Crippen LogP contribution in [0.4, 0.5) is 0 Å². The molecule has 0 saturated heterocycles. The molecular formula is C14H10O3S. The van der Waals surface area contributed by atoms with Crippen LogP contribution in [0.3, 0.4) is 0 Å². The number of rotatable bonds is 2. The fraction of sp³-hybridized carbons (Fsp3) is 0.0714. The SMILES string of the molecule is O=CC1Sc2c(O)ccc1c2-c1ccc(O)cc1. The first-order valence-corrected chi connectivity index (χ1v) is 6.36. The minimum Gasteiger partial charge on any atom is -0.508 e. The maximum atomic E-state index is 11.1. The Hall–Kier alpha value is -1.94. The van der Waals surface area contributed by atoms with Crippen LogP contribution < -0.4 is 0 Å². The highest BCUT2D eigenvalue weighted by Gasteiger charge is 2.29. The van der Waals surface area contributed by atoms with Crippen molar-refractivity contribution in [3.8, 4) is 22.6 Å². The molecule has 1 atom stereocenters. The molecule has 90 valence electrons. The average Bonchev–Trinajstić information content (AvgIpc) is 2.67. The lowest BCUT2D eigenvalue weighted by Crippen LogP contribution is -1.90. The molecule has 2 bridgehead atoms. The number of fused-ring (bicyclic) bond motifs is 2.